The van der Waals surface area contributed by atoms with Crippen molar-refractivity contribution in [2.75, 3.05) is 12.5 Å². The first-order valence-electron chi connectivity index (χ1n) is 11.1. The van der Waals surface area contributed by atoms with Gasteiger partial charge in [-0.15, -0.1) is 0 Å². The van der Waals surface area contributed by atoms with Crippen LogP contribution in [0.25, 0.3) is 22.3 Å². The number of aromatic amines is 1. The molecule has 3 N–H and O–H groups in total. The zero-order chi connectivity index (χ0) is 23.8. The molecule has 0 saturated carbocycles. The van der Waals surface area contributed by atoms with E-state index < -0.39 is 0 Å². The quantitative estimate of drug-likeness (QED) is 0.278. The lowest BCUT2D eigenvalue weighted by molar-refractivity contribution is -0.675. The fraction of sp³-hybridized carbons (Fsp3) is 0.115. The maximum Gasteiger partial charge on any atom is 0.294 e. The van der Waals surface area contributed by atoms with Gasteiger partial charge in [0.15, 0.2) is 17.0 Å². The number of H-pyrrole nitrogens is 1. The van der Waals surface area contributed by atoms with Crippen molar-refractivity contribution in [3.8, 4) is 22.6 Å². The number of nitrogens with zero attached hydrogens (tertiary/aromatic N) is 3. The summed E-state index contributed by atoms with van der Waals surface area (Å²) in [6, 6.07) is 22.9. The first kappa shape index (κ1) is 21.9. The Labute approximate surface area is 214 Å². The van der Waals surface area contributed by atoms with Crippen molar-refractivity contribution in [1.29, 1.82) is 0 Å². The Kier molecular flexibility index (Phi) is 5.79. The van der Waals surface area contributed by atoms with Crippen LogP contribution in [0.1, 0.15) is 5.56 Å². The number of aryl methyl sites for hydroxylation is 2. The number of aromatic nitrogens is 4. The van der Waals surface area contributed by atoms with E-state index in [9.17, 15) is 0 Å². The minimum Gasteiger partial charge on any atom is -0.454 e. The summed E-state index contributed by atoms with van der Waals surface area (Å²) in [7, 11) is 0. The van der Waals surface area contributed by atoms with Crippen molar-refractivity contribution in [3.63, 3.8) is 0 Å². The van der Waals surface area contributed by atoms with Crippen LogP contribution in [0.15, 0.2) is 87.6 Å². The Morgan fingerprint density at radius 3 is 2.54 bits per heavy atom. The molecule has 0 aliphatic carbocycles. The first-order chi connectivity index (χ1) is 17.1. The van der Waals surface area contributed by atoms with E-state index in [2.05, 4.69) is 74.4 Å². The molecule has 0 spiro atoms. The predicted molar refractivity (Wildman–Crippen MR) is 138 cm³/mol. The molecule has 174 valence electrons. The molecular weight excluding hydrogens is 526 g/mol. The lowest BCUT2D eigenvalue weighted by Crippen LogP contribution is -2.36. The van der Waals surface area contributed by atoms with E-state index >= 15 is 0 Å². The molecule has 2 aromatic heterocycles. The number of nitrogens with one attached hydrogen (secondary N) is 1. The normalized spacial score (nSPS) is 12.4. The monoisotopic (exact) mass is 546 g/mol. The minimum atomic E-state index is 0.234. The molecule has 0 fully saturated rings. The van der Waals surface area contributed by atoms with Crippen LogP contribution >= 0.6 is 27.7 Å². The van der Waals surface area contributed by atoms with Crippen molar-refractivity contribution < 1.29 is 14.0 Å². The number of halogens is 1. The van der Waals surface area contributed by atoms with E-state index in [0.717, 1.165) is 50.2 Å². The molecule has 7 nitrogen and oxygen atoms in total. The highest BCUT2D eigenvalue weighted by Crippen LogP contribution is 2.42. The largest absolute Gasteiger partial charge is 0.454 e. The third-order valence-electron chi connectivity index (χ3n) is 5.86. The second-order valence-electron chi connectivity index (χ2n) is 8.11. The number of rotatable bonds is 6. The van der Waals surface area contributed by atoms with Gasteiger partial charge in [0, 0.05) is 15.8 Å². The Hall–Kier alpha value is -3.56. The van der Waals surface area contributed by atoms with Crippen LogP contribution in [0.5, 0.6) is 11.5 Å². The Morgan fingerprint density at radius 1 is 1.00 bits per heavy atom. The second kappa shape index (κ2) is 9.24. The van der Waals surface area contributed by atoms with E-state index in [-0.39, 0.29) is 6.79 Å². The van der Waals surface area contributed by atoms with Gasteiger partial charge in [0.1, 0.15) is 0 Å². The number of imidazole rings is 1. The van der Waals surface area contributed by atoms with Crippen molar-refractivity contribution >= 4 is 44.7 Å². The van der Waals surface area contributed by atoms with Crippen LogP contribution in [-0.4, -0.2) is 21.7 Å². The zero-order valence-corrected chi connectivity index (χ0v) is 21.0. The number of ether oxygens (including phenoxy) is 2. The zero-order valence-electron chi connectivity index (χ0n) is 18.6. The van der Waals surface area contributed by atoms with E-state index in [0.29, 0.717) is 5.82 Å². The van der Waals surface area contributed by atoms with E-state index in [4.69, 9.17) is 20.2 Å². The van der Waals surface area contributed by atoms with Gasteiger partial charge >= 0.3 is 0 Å². The molecule has 0 bridgehead atoms. The molecule has 5 aromatic rings. The second-order valence-corrected chi connectivity index (χ2v) is 10.00. The smallest absolute Gasteiger partial charge is 0.294 e. The van der Waals surface area contributed by atoms with Gasteiger partial charge in [0.2, 0.25) is 24.1 Å². The molecule has 0 unspecified atom stereocenters. The molecule has 3 heterocycles. The Bertz CT molecular complexity index is 1520. The third kappa shape index (κ3) is 4.44. The van der Waals surface area contributed by atoms with E-state index in [1.165, 1.54) is 28.5 Å². The SMILES string of the molecule is Nc1nc[n+](CCc2ccc(-c3ccccc3)cc2)c2nc(Sc3cc4c(cc3Br)OCO4)[nH]c12. The highest BCUT2D eigenvalue weighted by atomic mass is 79.9. The summed E-state index contributed by atoms with van der Waals surface area (Å²) in [6.07, 6.45) is 2.60. The molecule has 6 rings (SSSR count). The van der Waals surface area contributed by atoms with Crippen LogP contribution in [-0.2, 0) is 13.0 Å². The summed E-state index contributed by atoms with van der Waals surface area (Å²) in [4.78, 5) is 13.5. The van der Waals surface area contributed by atoms with Gasteiger partial charge in [-0.25, -0.2) is 4.57 Å². The molecule has 3 aromatic carbocycles. The molecule has 1 aliphatic heterocycles. The molecule has 0 saturated heterocycles. The molecule has 35 heavy (non-hydrogen) atoms. The molecular formula is C26H21BrN5O2S+. The Balaban J connectivity index is 1.22. The lowest BCUT2D eigenvalue weighted by Gasteiger charge is -2.05. The van der Waals surface area contributed by atoms with E-state index in [1.807, 2.05) is 22.8 Å². The summed E-state index contributed by atoms with van der Waals surface area (Å²) < 4.78 is 13.9. The average molecular weight is 547 g/mol. The summed E-state index contributed by atoms with van der Waals surface area (Å²) >= 11 is 5.10. The van der Waals surface area contributed by atoms with Gasteiger partial charge in [-0.05, 0) is 56.5 Å². The van der Waals surface area contributed by atoms with Crippen molar-refractivity contribution in [1.82, 2.24) is 15.0 Å². The van der Waals surface area contributed by atoms with Crippen LogP contribution < -0.4 is 19.8 Å². The molecule has 1 aliphatic rings. The maximum atomic E-state index is 6.16. The van der Waals surface area contributed by atoms with Crippen LogP contribution in [0.4, 0.5) is 5.82 Å². The van der Waals surface area contributed by atoms with Gasteiger partial charge in [0.05, 0.1) is 6.54 Å². The van der Waals surface area contributed by atoms with Crippen molar-refractivity contribution in [3.05, 3.63) is 83.1 Å². The molecule has 0 radical (unpaired) electrons. The number of anilines is 1. The summed E-state index contributed by atoms with van der Waals surface area (Å²) in [5.74, 6) is 1.88. The van der Waals surface area contributed by atoms with Gasteiger partial charge in [0.25, 0.3) is 5.65 Å². The van der Waals surface area contributed by atoms with Gasteiger partial charge in [-0.3, -0.25) is 0 Å². The van der Waals surface area contributed by atoms with Gasteiger partial charge < -0.3 is 20.2 Å². The van der Waals surface area contributed by atoms with Crippen LogP contribution in [0.2, 0.25) is 0 Å². The van der Waals surface area contributed by atoms with E-state index in [1.54, 1.807) is 6.33 Å². The van der Waals surface area contributed by atoms with Crippen molar-refractivity contribution in [2.24, 2.45) is 0 Å². The fourth-order valence-corrected chi connectivity index (χ4v) is 5.40. The average Bonchev–Trinajstić information content (AvgIpc) is 3.52. The predicted octanol–water partition coefficient (Wildman–Crippen LogP) is 5.38. The summed E-state index contributed by atoms with van der Waals surface area (Å²) in [5.41, 5.74) is 11.3. The van der Waals surface area contributed by atoms with Gasteiger partial charge in [-0.2, -0.15) is 0 Å². The Morgan fingerprint density at radius 2 is 1.74 bits per heavy atom. The number of fused-ring (bicyclic) bond motifs is 2. The minimum absolute atomic E-state index is 0.234. The number of hydrogen-bond acceptors (Lipinski definition) is 6. The fourth-order valence-electron chi connectivity index (χ4n) is 4.02. The van der Waals surface area contributed by atoms with Crippen LogP contribution in [0.3, 0.4) is 0 Å². The highest BCUT2D eigenvalue weighted by Gasteiger charge is 2.22. The number of nitrogen functional groups attached to an aromatic ring is 1. The van der Waals surface area contributed by atoms with Crippen LogP contribution in [0, 0.1) is 0 Å². The molecule has 9 heteroatoms. The topological polar surface area (TPSA) is 89.9 Å². The molecule has 0 atom stereocenters. The highest BCUT2D eigenvalue weighted by molar-refractivity contribution is 9.10. The number of nitrogens with two attached hydrogens (primary N) is 1. The lowest BCUT2D eigenvalue weighted by atomic mass is 10.0. The maximum absolute atomic E-state index is 6.16. The summed E-state index contributed by atoms with van der Waals surface area (Å²) in [5, 5.41) is 0.722. The number of hydrogen-bond donors (Lipinski definition) is 2. The summed E-state index contributed by atoms with van der Waals surface area (Å²) in [6.45, 7) is 0.967. The number of benzene rings is 3. The molecule has 0 amide bonds. The van der Waals surface area contributed by atoms with Crippen molar-refractivity contribution in [2.45, 2.75) is 23.0 Å². The van der Waals surface area contributed by atoms with Gasteiger partial charge in [-0.1, -0.05) is 64.6 Å². The standard InChI is InChI=1S/C26H20BrN5O2S/c27-19-12-20-21(34-15-33-20)13-22(19)35-26-30-23-24(28)29-14-32(25(23)31-26)11-10-16-6-8-18(9-7-16)17-4-2-1-3-5-17/h1-9,12-14H,10-11,15H2,(H2,28,30,31)/p+1. The third-order valence-corrected chi connectivity index (χ3v) is 7.73. The first-order valence-corrected chi connectivity index (χ1v) is 12.7.